The molecule has 1 rings (SSSR count). The van der Waals surface area contributed by atoms with E-state index in [2.05, 4.69) is 26.5 Å². The molecule has 0 aromatic heterocycles. The van der Waals surface area contributed by atoms with Gasteiger partial charge in [0.1, 0.15) is 5.60 Å². The monoisotopic (exact) mass is 366 g/mol. The van der Waals surface area contributed by atoms with Gasteiger partial charge in [-0.1, -0.05) is 40.2 Å². The number of hydrogen-bond donors (Lipinski definition) is 1. The first-order valence-electron chi connectivity index (χ1n) is 6.69. The van der Waals surface area contributed by atoms with Crippen molar-refractivity contribution in [3.05, 3.63) is 41.5 Å². The van der Waals surface area contributed by atoms with Crippen LogP contribution >= 0.6 is 15.9 Å². The Morgan fingerprint density at radius 2 is 1.82 bits per heavy atom. The summed E-state index contributed by atoms with van der Waals surface area (Å²) in [5, 5.41) is 4.02. The van der Waals surface area contributed by atoms with Crippen LogP contribution in [0.5, 0.6) is 0 Å². The number of alkyl halides is 1. The van der Waals surface area contributed by atoms with Gasteiger partial charge in [0.2, 0.25) is 0 Å². The minimum atomic E-state index is -0.499. The van der Waals surface area contributed by atoms with E-state index in [4.69, 9.17) is 4.74 Å². The summed E-state index contributed by atoms with van der Waals surface area (Å²) in [7, 11) is 0. The minimum Gasteiger partial charge on any atom is -0.457 e. The van der Waals surface area contributed by atoms with Gasteiger partial charge < -0.3 is 4.74 Å². The standard InChI is InChI=1S/C16H19BrN2O3/c1-16(2,3)22-15(21)9-8-12-4-6-13(7-5-12)11-18-19-14(20)10-17/h4-9,11H,10H2,1-3H3,(H,19,20). The van der Waals surface area contributed by atoms with Crippen LogP contribution in [-0.4, -0.2) is 29.0 Å². The van der Waals surface area contributed by atoms with Crippen LogP contribution in [0.15, 0.2) is 35.4 Å². The van der Waals surface area contributed by atoms with Gasteiger partial charge in [0, 0.05) is 6.08 Å². The minimum absolute atomic E-state index is 0.207. The van der Waals surface area contributed by atoms with Crippen molar-refractivity contribution in [3.63, 3.8) is 0 Å². The average molecular weight is 367 g/mol. The van der Waals surface area contributed by atoms with Gasteiger partial charge in [-0.15, -0.1) is 0 Å². The summed E-state index contributed by atoms with van der Waals surface area (Å²) in [4.78, 5) is 22.5. The Bertz CT molecular complexity index is 572. The molecule has 0 aliphatic carbocycles. The molecule has 1 aromatic rings. The van der Waals surface area contributed by atoms with Crippen LogP contribution in [0.25, 0.3) is 6.08 Å². The molecule has 0 unspecified atom stereocenters. The van der Waals surface area contributed by atoms with Gasteiger partial charge in [0.15, 0.2) is 0 Å². The lowest BCUT2D eigenvalue weighted by molar-refractivity contribution is -0.148. The van der Waals surface area contributed by atoms with Crippen molar-refractivity contribution in [2.75, 3.05) is 5.33 Å². The van der Waals surface area contributed by atoms with Crippen LogP contribution in [0, 0.1) is 0 Å². The van der Waals surface area contributed by atoms with Gasteiger partial charge in [-0.05, 0) is 38.0 Å². The van der Waals surface area contributed by atoms with Crippen molar-refractivity contribution in [3.8, 4) is 0 Å². The Balaban J connectivity index is 2.58. The van der Waals surface area contributed by atoms with Gasteiger partial charge in [0.05, 0.1) is 11.5 Å². The Morgan fingerprint density at radius 3 is 2.36 bits per heavy atom. The molecular formula is C16H19BrN2O3. The molecule has 118 valence electrons. The number of nitrogens with one attached hydrogen (secondary N) is 1. The fourth-order valence-electron chi connectivity index (χ4n) is 1.40. The van der Waals surface area contributed by atoms with E-state index in [1.54, 1.807) is 12.3 Å². The molecule has 1 amide bonds. The summed E-state index contributed by atoms with van der Waals surface area (Å²) in [6.07, 6.45) is 4.62. The predicted molar refractivity (Wildman–Crippen MR) is 90.9 cm³/mol. The van der Waals surface area contributed by atoms with Crippen molar-refractivity contribution in [1.82, 2.24) is 5.43 Å². The first-order valence-corrected chi connectivity index (χ1v) is 7.81. The topological polar surface area (TPSA) is 67.8 Å². The second kappa shape index (κ2) is 8.48. The maximum absolute atomic E-state index is 11.6. The second-order valence-electron chi connectivity index (χ2n) is 5.46. The molecule has 0 heterocycles. The van der Waals surface area contributed by atoms with Crippen LogP contribution < -0.4 is 5.43 Å². The number of carbonyl (C=O) groups is 2. The Labute approximate surface area is 138 Å². The van der Waals surface area contributed by atoms with E-state index in [0.717, 1.165) is 11.1 Å². The second-order valence-corrected chi connectivity index (χ2v) is 6.02. The van der Waals surface area contributed by atoms with Crippen molar-refractivity contribution >= 4 is 40.1 Å². The van der Waals surface area contributed by atoms with E-state index in [1.165, 1.54) is 6.08 Å². The number of benzene rings is 1. The van der Waals surface area contributed by atoms with Crippen LogP contribution in [-0.2, 0) is 14.3 Å². The lowest BCUT2D eigenvalue weighted by atomic mass is 10.1. The Hall–Kier alpha value is -1.95. The largest absolute Gasteiger partial charge is 0.457 e. The highest BCUT2D eigenvalue weighted by molar-refractivity contribution is 9.09. The van der Waals surface area contributed by atoms with Crippen molar-refractivity contribution < 1.29 is 14.3 Å². The summed E-state index contributed by atoms with van der Waals surface area (Å²) in [5.74, 6) is -0.594. The van der Waals surface area contributed by atoms with Gasteiger partial charge in [-0.3, -0.25) is 4.79 Å². The number of ether oxygens (including phenoxy) is 1. The summed E-state index contributed by atoms with van der Waals surface area (Å²) < 4.78 is 5.18. The first kappa shape index (κ1) is 18.1. The van der Waals surface area contributed by atoms with E-state index in [9.17, 15) is 9.59 Å². The van der Waals surface area contributed by atoms with Gasteiger partial charge in [-0.2, -0.15) is 5.10 Å². The molecule has 1 N–H and O–H groups in total. The zero-order chi connectivity index (χ0) is 16.6. The SMILES string of the molecule is CC(C)(C)OC(=O)C=Cc1ccc(C=NNC(=O)CBr)cc1. The third-order valence-electron chi connectivity index (χ3n) is 2.28. The van der Waals surface area contributed by atoms with Crippen molar-refractivity contribution in [1.29, 1.82) is 0 Å². The fraction of sp³-hybridized carbons (Fsp3) is 0.312. The Morgan fingerprint density at radius 1 is 1.23 bits per heavy atom. The van der Waals surface area contributed by atoms with E-state index < -0.39 is 5.60 Å². The Kier molecular flexibility index (Phi) is 6.98. The number of rotatable bonds is 5. The summed E-state index contributed by atoms with van der Waals surface area (Å²) in [6.45, 7) is 5.46. The van der Waals surface area contributed by atoms with Crippen LogP contribution in [0.4, 0.5) is 0 Å². The number of hydrogen-bond acceptors (Lipinski definition) is 4. The van der Waals surface area contributed by atoms with Crippen LogP contribution in [0.2, 0.25) is 0 Å². The van der Waals surface area contributed by atoms with Crippen LogP contribution in [0.3, 0.4) is 0 Å². The third kappa shape index (κ3) is 7.73. The fourth-order valence-corrected chi connectivity index (χ4v) is 1.53. The van der Waals surface area contributed by atoms with Crippen LogP contribution in [0.1, 0.15) is 31.9 Å². The van der Waals surface area contributed by atoms with E-state index in [0.29, 0.717) is 0 Å². The zero-order valence-corrected chi connectivity index (χ0v) is 14.4. The number of hydrazone groups is 1. The van der Waals surface area contributed by atoms with Gasteiger partial charge in [-0.25, -0.2) is 10.2 Å². The lowest BCUT2D eigenvalue weighted by Gasteiger charge is -2.17. The maximum atomic E-state index is 11.6. The highest BCUT2D eigenvalue weighted by Crippen LogP contribution is 2.09. The molecule has 0 radical (unpaired) electrons. The number of nitrogens with zero attached hydrogens (tertiary/aromatic N) is 1. The molecule has 0 saturated heterocycles. The normalized spacial score (nSPS) is 11.8. The summed E-state index contributed by atoms with van der Waals surface area (Å²) in [5.41, 5.74) is 3.57. The number of carbonyl (C=O) groups excluding carboxylic acids is 2. The molecule has 0 atom stereocenters. The van der Waals surface area contributed by atoms with Gasteiger partial charge in [0.25, 0.3) is 5.91 Å². The van der Waals surface area contributed by atoms with Crippen molar-refractivity contribution in [2.24, 2.45) is 5.10 Å². The smallest absolute Gasteiger partial charge is 0.331 e. The third-order valence-corrected chi connectivity index (χ3v) is 2.79. The summed E-state index contributed by atoms with van der Waals surface area (Å²) >= 11 is 3.03. The highest BCUT2D eigenvalue weighted by Gasteiger charge is 2.13. The number of esters is 1. The highest BCUT2D eigenvalue weighted by atomic mass is 79.9. The van der Waals surface area contributed by atoms with E-state index >= 15 is 0 Å². The molecule has 0 aliphatic heterocycles. The first-order chi connectivity index (χ1) is 10.3. The molecule has 5 nitrogen and oxygen atoms in total. The van der Waals surface area contributed by atoms with E-state index in [-0.39, 0.29) is 17.2 Å². The molecule has 0 bridgehead atoms. The van der Waals surface area contributed by atoms with Gasteiger partial charge >= 0.3 is 5.97 Å². The zero-order valence-electron chi connectivity index (χ0n) is 12.8. The quantitative estimate of drug-likeness (QED) is 0.286. The molecule has 1 aromatic carbocycles. The lowest BCUT2D eigenvalue weighted by Crippen LogP contribution is -2.22. The molecule has 0 spiro atoms. The molecule has 0 aliphatic rings. The molecule has 6 heteroatoms. The maximum Gasteiger partial charge on any atom is 0.331 e. The molecule has 0 fully saturated rings. The van der Waals surface area contributed by atoms with Crippen molar-refractivity contribution in [2.45, 2.75) is 26.4 Å². The molecule has 0 saturated carbocycles. The molecule has 22 heavy (non-hydrogen) atoms. The number of amides is 1. The molecular weight excluding hydrogens is 348 g/mol. The summed E-state index contributed by atoms with van der Waals surface area (Å²) in [6, 6.07) is 7.35. The average Bonchev–Trinajstić information content (AvgIpc) is 2.44. The number of halogens is 1. The van der Waals surface area contributed by atoms with E-state index in [1.807, 2.05) is 45.0 Å². The predicted octanol–water partition coefficient (Wildman–Crippen LogP) is 2.89.